The number of carbonyl (C=O) groups is 1. The van der Waals surface area contributed by atoms with Crippen molar-refractivity contribution in [3.05, 3.63) is 52.1 Å². The molecule has 2 rings (SSSR count). The summed E-state index contributed by atoms with van der Waals surface area (Å²) in [5.74, 6) is 0. The summed E-state index contributed by atoms with van der Waals surface area (Å²) in [5, 5.41) is 0. The van der Waals surface area contributed by atoms with Crippen molar-refractivity contribution in [2.45, 2.75) is 46.5 Å². The van der Waals surface area contributed by atoms with E-state index in [-0.39, 0.29) is 5.41 Å². The van der Waals surface area contributed by atoms with Crippen molar-refractivity contribution >= 4 is 11.9 Å². The number of rotatable bonds is 2. The average molecular weight is 254 g/mol. The largest absolute Gasteiger partial charge is 0.298 e. The zero-order chi connectivity index (χ0) is 14.2. The minimum atomic E-state index is 0.0730. The van der Waals surface area contributed by atoms with Crippen molar-refractivity contribution < 1.29 is 4.79 Å². The van der Waals surface area contributed by atoms with Crippen molar-refractivity contribution in [3.63, 3.8) is 0 Å². The van der Waals surface area contributed by atoms with Gasteiger partial charge in [0.15, 0.2) is 6.29 Å². The number of aldehydes is 1. The van der Waals surface area contributed by atoms with Gasteiger partial charge in [0.05, 0.1) is 0 Å². The van der Waals surface area contributed by atoms with E-state index >= 15 is 0 Å². The van der Waals surface area contributed by atoms with Gasteiger partial charge in [-0.3, -0.25) is 4.79 Å². The monoisotopic (exact) mass is 254 g/mol. The molecule has 0 aliphatic heterocycles. The lowest BCUT2D eigenvalue weighted by Crippen LogP contribution is -2.12. The van der Waals surface area contributed by atoms with Crippen LogP contribution in [0.25, 0.3) is 5.57 Å². The molecular weight excluding hydrogens is 232 g/mol. The zero-order valence-corrected chi connectivity index (χ0v) is 12.5. The molecule has 0 saturated heterocycles. The van der Waals surface area contributed by atoms with Gasteiger partial charge in [0, 0.05) is 5.56 Å². The van der Waals surface area contributed by atoms with Crippen molar-refractivity contribution in [2.75, 3.05) is 0 Å². The standard InChI is InChI=1S/C18H22O/c1-12-8-13(2)17(9-12)16-7-6-15(18(3,4)5)10-14(16)11-19/h6-8,10-11H,9H2,1-5H3. The van der Waals surface area contributed by atoms with Gasteiger partial charge >= 0.3 is 0 Å². The number of allylic oxidation sites excluding steroid dienone is 4. The second-order valence-electron chi connectivity index (χ2n) is 6.50. The molecule has 0 N–H and O–H groups in total. The maximum Gasteiger partial charge on any atom is 0.150 e. The normalized spacial score (nSPS) is 15.7. The number of hydrogen-bond acceptors (Lipinski definition) is 1. The lowest BCUT2D eigenvalue weighted by molar-refractivity contribution is 0.112. The summed E-state index contributed by atoms with van der Waals surface area (Å²) in [6.07, 6.45) is 4.15. The molecule has 0 amide bonds. The Balaban J connectivity index is 2.50. The summed E-state index contributed by atoms with van der Waals surface area (Å²) in [6.45, 7) is 10.8. The molecule has 19 heavy (non-hydrogen) atoms. The third-order valence-corrected chi connectivity index (χ3v) is 3.76. The van der Waals surface area contributed by atoms with Gasteiger partial charge in [0.25, 0.3) is 0 Å². The van der Waals surface area contributed by atoms with E-state index < -0.39 is 0 Å². The van der Waals surface area contributed by atoms with Crippen LogP contribution in [0.1, 0.15) is 62.5 Å². The fourth-order valence-corrected chi connectivity index (χ4v) is 2.64. The van der Waals surface area contributed by atoms with Crippen LogP contribution in [0.2, 0.25) is 0 Å². The van der Waals surface area contributed by atoms with Gasteiger partial charge in [0.2, 0.25) is 0 Å². The van der Waals surface area contributed by atoms with Crippen molar-refractivity contribution in [2.24, 2.45) is 0 Å². The summed E-state index contributed by atoms with van der Waals surface area (Å²) >= 11 is 0. The third-order valence-electron chi connectivity index (χ3n) is 3.76. The van der Waals surface area contributed by atoms with Crippen LogP contribution in [0.5, 0.6) is 0 Å². The average Bonchev–Trinajstić information content (AvgIpc) is 2.66. The Morgan fingerprint density at radius 2 is 1.84 bits per heavy atom. The summed E-state index contributed by atoms with van der Waals surface area (Å²) in [7, 11) is 0. The number of benzene rings is 1. The van der Waals surface area contributed by atoms with Crippen molar-refractivity contribution in [1.29, 1.82) is 0 Å². The van der Waals surface area contributed by atoms with Gasteiger partial charge in [-0.2, -0.15) is 0 Å². The fraction of sp³-hybridized carbons (Fsp3) is 0.389. The maximum atomic E-state index is 11.4. The molecule has 100 valence electrons. The van der Waals surface area contributed by atoms with Crippen LogP contribution in [0, 0.1) is 0 Å². The molecule has 0 spiro atoms. The highest BCUT2D eigenvalue weighted by Gasteiger charge is 2.19. The minimum Gasteiger partial charge on any atom is -0.298 e. The molecule has 1 aliphatic rings. The lowest BCUT2D eigenvalue weighted by Gasteiger charge is -2.20. The van der Waals surface area contributed by atoms with Crippen LogP contribution in [-0.2, 0) is 5.41 Å². The predicted octanol–water partition coefficient (Wildman–Crippen LogP) is 4.92. The van der Waals surface area contributed by atoms with Gasteiger partial charge in [-0.1, -0.05) is 44.6 Å². The molecule has 0 bridgehead atoms. The Morgan fingerprint density at radius 1 is 1.16 bits per heavy atom. The summed E-state index contributed by atoms with van der Waals surface area (Å²) in [6, 6.07) is 6.29. The first kappa shape index (κ1) is 13.8. The molecule has 1 heteroatoms. The Bertz CT molecular complexity index is 580. The Morgan fingerprint density at radius 3 is 2.32 bits per heavy atom. The van der Waals surface area contributed by atoms with E-state index in [1.165, 1.54) is 22.3 Å². The highest BCUT2D eigenvalue weighted by molar-refractivity contribution is 5.89. The van der Waals surface area contributed by atoms with Crippen LogP contribution >= 0.6 is 0 Å². The first-order valence-electron chi connectivity index (χ1n) is 6.80. The third kappa shape index (κ3) is 2.70. The smallest absolute Gasteiger partial charge is 0.150 e. The van der Waals surface area contributed by atoms with E-state index in [4.69, 9.17) is 0 Å². The topological polar surface area (TPSA) is 17.1 Å². The number of carbonyl (C=O) groups excluding carboxylic acids is 1. The minimum absolute atomic E-state index is 0.0730. The zero-order valence-electron chi connectivity index (χ0n) is 12.5. The number of hydrogen-bond donors (Lipinski definition) is 0. The molecule has 0 unspecified atom stereocenters. The quantitative estimate of drug-likeness (QED) is 0.685. The fourth-order valence-electron chi connectivity index (χ4n) is 2.64. The van der Waals surface area contributed by atoms with Crippen LogP contribution < -0.4 is 0 Å². The van der Waals surface area contributed by atoms with Gasteiger partial charge in [-0.05, 0) is 54.0 Å². The highest BCUT2D eigenvalue weighted by Crippen LogP contribution is 2.35. The van der Waals surface area contributed by atoms with E-state index in [0.29, 0.717) is 0 Å². The van der Waals surface area contributed by atoms with Gasteiger partial charge in [-0.25, -0.2) is 0 Å². The summed E-state index contributed by atoms with van der Waals surface area (Å²) in [5.41, 5.74) is 7.12. The second-order valence-corrected chi connectivity index (χ2v) is 6.50. The van der Waals surface area contributed by atoms with E-state index in [1.54, 1.807) is 0 Å². The molecule has 0 fully saturated rings. The summed E-state index contributed by atoms with van der Waals surface area (Å²) in [4.78, 5) is 11.4. The lowest BCUT2D eigenvalue weighted by atomic mass is 9.84. The molecule has 0 heterocycles. The van der Waals surface area contributed by atoms with Crippen LogP contribution in [0.15, 0.2) is 35.4 Å². The van der Waals surface area contributed by atoms with E-state index in [1.807, 2.05) is 6.07 Å². The van der Waals surface area contributed by atoms with E-state index in [9.17, 15) is 4.79 Å². The van der Waals surface area contributed by atoms with Crippen LogP contribution in [0.4, 0.5) is 0 Å². The molecule has 0 atom stereocenters. The van der Waals surface area contributed by atoms with Gasteiger partial charge in [0.1, 0.15) is 0 Å². The molecule has 1 nitrogen and oxygen atoms in total. The maximum absolute atomic E-state index is 11.4. The first-order valence-corrected chi connectivity index (χ1v) is 6.80. The molecule has 0 radical (unpaired) electrons. The molecular formula is C18H22O. The van der Waals surface area contributed by atoms with Crippen molar-refractivity contribution in [3.8, 4) is 0 Å². The Hall–Kier alpha value is -1.63. The van der Waals surface area contributed by atoms with E-state index in [2.05, 4.69) is 52.8 Å². The van der Waals surface area contributed by atoms with Crippen LogP contribution in [-0.4, -0.2) is 6.29 Å². The van der Waals surface area contributed by atoms with Crippen LogP contribution in [0.3, 0.4) is 0 Å². The molecule has 0 aromatic heterocycles. The Labute approximate surface area is 116 Å². The second kappa shape index (κ2) is 4.80. The molecule has 0 saturated carbocycles. The van der Waals surface area contributed by atoms with Crippen molar-refractivity contribution in [1.82, 2.24) is 0 Å². The predicted molar refractivity (Wildman–Crippen MR) is 81.5 cm³/mol. The highest BCUT2D eigenvalue weighted by atomic mass is 16.1. The SMILES string of the molecule is CC1=CC(C)=C(c2ccc(C(C)(C)C)cc2C=O)C1. The summed E-state index contributed by atoms with van der Waals surface area (Å²) < 4.78 is 0. The molecule has 1 aliphatic carbocycles. The first-order chi connectivity index (χ1) is 8.82. The Kier molecular flexibility index (Phi) is 3.49. The molecule has 1 aromatic rings. The molecule has 1 aromatic carbocycles. The van der Waals surface area contributed by atoms with Gasteiger partial charge < -0.3 is 0 Å². The van der Waals surface area contributed by atoms with Gasteiger partial charge in [-0.15, -0.1) is 0 Å². The van der Waals surface area contributed by atoms with E-state index in [0.717, 1.165) is 23.8 Å².